The SMILES string of the molecule is CC1CCCCC1n1c(N)cc2ccccc2c1=O. The second-order valence-corrected chi connectivity index (χ2v) is 5.66. The molecule has 1 aliphatic carbocycles. The van der Waals surface area contributed by atoms with E-state index in [0.717, 1.165) is 17.2 Å². The van der Waals surface area contributed by atoms with Crippen LogP contribution >= 0.6 is 0 Å². The summed E-state index contributed by atoms with van der Waals surface area (Å²) in [5.74, 6) is 1.12. The Morgan fingerprint density at radius 1 is 1.21 bits per heavy atom. The van der Waals surface area contributed by atoms with E-state index in [2.05, 4.69) is 6.92 Å². The average molecular weight is 256 g/mol. The number of aromatic nitrogens is 1. The first-order valence-electron chi connectivity index (χ1n) is 7.08. The van der Waals surface area contributed by atoms with Crippen LogP contribution in [0.2, 0.25) is 0 Å². The third-order valence-electron chi connectivity index (χ3n) is 4.39. The van der Waals surface area contributed by atoms with Crippen molar-refractivity contribution in [3.05, 3.63) is 40.7 Å². The van der Waals surface area contributed by atoms with Crippen LogP contribution in [0.25, 0.3) is 10.8 Å². The number of fused-ring (bicyclic) bond motifs is 1. The molecule has 1 aliphatic rings. The Bertz CT molecular complexity index is 659. The van der Waals surface area contributed by atoms with E-state index in [-0.39, 0.29) is 11.6 Å². The topological polar surface area (TPSA) is 48.0 Å². The minimum absolute atomic E-state index is 0.0642. The summed E-state index contributed by atoms with van der Waals surface area (Å²) in [5, 5.41) is 1.71. The molecule has 3 heteroatoms. The number of hydrogen-bond acceptors (Lipinski definition) is 2. The van der Waals surface area contributed by atoms with Crippen LogP contribution in [0.1, 0.15) is 38.6 Å². The van der Waals surface area contributed by atoms with Gasteiger partial charge in [-0.15, -0.1) is 0 Å². The van der Waals surface area contributed by atoms with Gasteiger partial charge in [0.05, 0.1) is 0 Å². The van der Waals surface area contributed by atoms with Crippen LogP contribution < -0.4 is 11.3 Å². The average Bonchev–Trinajstić information content (AvgIpc) is 2.41. The van der Waals surface area contributed by atoms with E-state index in [1.165, 1.54) is 19.3 Å². The van der Waals surface area contributed by atoms with Gasteiger partial charge in [0.2, 0.25) is 0 Å². The number of nitrogen functional groups attached to an aromatic ring is 1. The van der Waals surface area contributed by atoms with Crippen molar-refractivity contribution in [2.24, 2.45) is 5.92 Å². The van der Waals surface area contributed by atoms with Crippen LogP contribution in [-0.2, 0) is 0 Å². The Morgan fingerprint density at radius 2 is 1.95 bits per heavy atom. The summed E-state index contributed by atoms with van der Waals surface area (Å²) in [6.45, 7) is 2.23. The first-order valence-corrected chi connectivity index (χ1v) is 7.08. The Hall–Kier alpha value is -1.77. The number of benzene rings is 1. The van der Waals surface area contributed by atoms with Gasteiger partial charge < -0.3 is 5.73 Å². The van der Waals surface area contributed by atoms with Gasteiger partial charge in [0.25, 0.3) is 5.56 Å². The van der Waals surface area contributed by atoms with Crippen LogP contribution in [0.4, 0.5) is 5.82 Å². The molecule has 0 spiro atoms. The molecule has 2 unspecified atom stereocenters. The first-order chi connectivity index (χ1) is 9.18. The zero-order valence-electron chi connectivity index (χ0n) is 11.3. The highest BCUT2D eigenvalue weighted by Gasteiger charge is 2.25. The zero-order chi connectivity index (χ0) is 13.4. The van der Waals surface area contributed by atoms with Gasteiger partial charge in [-0.05, 0) is 36.3 Å². The van der Waals surface area contributed by atoms with E-state index in [1.807, 2.05) is 34.9 Å². The van der Waals surface area contributed by atoms with Gasteiger partial charge in [0.1, 0.15) is 5.82 Å². The molecule has 3 nitrogen and oxygen atoms in total. The minimum atomic E-state index is 0.0642. The van der Waals surface area contributed by atoms with Crippen molar-refractivity contribution in [1.29, 1.82) is 0 Å². The number of nitrogens with zero attached hydrogens (tertiary/aromatic N) is 1. The molecule has 1 aromatic heterocycles. The van der Waals surface area contributed by atoms with Crippen molar-refractivity contribution in [3.8, 4) is 0 Å². The van der Waals surface area contributed by atoms with Crippen molar-refractivity contribution < 1.29 is 0 Å². The summed E-state index contributed by atoms with van der Waals surface area (Å²) in [7, 11) is 0. The lowest BCUT2D eigenvalue weighted by Crippen LogP contribution is -2.32. The maximum absolute atomic E-state index is 12.7. The molecular weight excluding hydrogens is 236 g/mol. The predicted molar refractivity (Wildman–Crippen MR) is 79.3 cm³/mol. The molecule has 0 radical (unpaired) electrons. The summed E-state index contributed by atoms with van der Waals surface area (Å²) in [4.78, 5) is 12.7. The van der Waals surface area contributed by atoms with Gasteiger partial charge in [-0.1, -0.05) is 38.0 Å². The predicted octanol–water partition coefficient (Wildman–Crippen LogP) is 3.33. The molecule has 1 aromatic carbocycles. The summed E-state index contributed by atoms with van der Waals surface area (Å²) in [6, 6.07) is 9.87. The van der Waals surface area contributed by atoms with E-state index in [1.54, 1.807) is 0 Å². The Morgan fingerprint density at radius 3 is 2.74 bits per heavy atom. The van der Waals surface area contributed by atoms with E-state index < -0.39 is 0 Å². The van der Waals surface area contributed by atoms with Gasteiger partial charge in [0.15, 0.2) is 0 Å². The van der Waals surface area contributed by atoms with Crippen LogP contribution in [-0.4, -0.2) is 4.57 Å². The first kappa shape index (κ1) is 12.3. The number of rotatable bonds is 1. The maximum atomic E-state index is 12.7. The Labute approximate surface area is 113 Å². The molecule has 1 fully saturated rings. The summed E-state index contributed by atoms with van der Waals surface area (Å²) in [6.07, 6.45) is 4.70. The Balaban J connectivity index is 2.20. The number of anilines is 1. The fourth-order valence-corrected chi connectivity index (χ4v) is 3.32. The fraction of sp³-hybridized carbons (Fsp3) is 0.438. The lowest BCUT2D eigenvalue weighted by molar-refractivity contribution is 0.256. The summed E-state index contributed by atoms with van der Waals surface area (Å²) < 4.78 is 1.83. The monoisotopic (exact) mass is 256 g/mol. The standard InChI is InChI=1S/C16H20N2O/c1-11-6-2-5-9-14(11)18-15(17)10-12-7-3-4-8-13(12)16(18)19/h3-4,7-8,10-11,14H,2,5-6,9,17H2,1H3. The summed E-state index contributed by atoms with van der Waals surface area (Å²) >= 11 is 0. The largest absolute Gasteiger partial charge is 0.385 e. The highest BCUT2D eigenvalue weighted by atomic mass is 16.1. The highest BCUT2D eigenvalue weighted by Crippen LogP contribution is 2.34. The van der Waals surface area contributed by atoms with E-state index >= 15 is 0 Å². The van der Waals surface area contributed by atoms with Crippen molar-refractivity contribution >= 4 is 16.6 Å². The van der Waals surface area contributed by atoms with Crippen LogP contribution in [0.15, 0.2) is 35.1 Å². The third-order valence-corrected chi connectivity index (χ3v) is 4.39. The summed E-state index contributed by atoms with van der Waals surface area (Å²) in [5.41, 5.74) is 6.21. The maximum Gasteiger partial charge on any atom is 0.260 e. The second-order valence-electron chi connectivity index (χ2n) is 5.66. The zero-order valence-corrected chi connectivity index (χ0v) is 11.3. The molecule has 1 heterocycles. The third kappa shape index (κ3) is 2.03. The molecule has 0 amide bonds. The number of pyridine rings is 1. The number of hydrogen-bond donors (Lipinski definition) is 1. The van der Waals surface area contributed by atoms with Crippen molar-refractivity contribution in [3.63, 3.8) is 0 Å². The molecule has 1 saturated carbocycles. The van der Waals surface area contributed by atoms with Crippen molar-refractivity contribution in [2.45, 2.75) is 38.6 Å². The van der Waals surface area contributed by atoms with Gasteiger partial charge >= 0.3 is 0 Å². The minimum Gasteiger partial charge on any atom is -0.385 e. The molecule has 3 rings (SSSR count). The molecule has 2 aromatic rings. The van der Waals surface area contributed by atoms with Crippen molar-refractivity contribution in [1.82, 2.24) is 4.57 Å². The van der Waals surface area contributed by atoms with Gasteiger partial charge in [0, 0.05) is 11.4 Å². The molecule has 2 atom stereocenters. The number of nitrogens with two attached hydrogens (primary N) is 1. The molecule has 19 heavy (non-hydrogen) atoms. The lowest BCUT2D eigenvalue weighted by atomic mass is 9.85. The smallest absolute Gasteiger partial charge is 0.260 e. The van der Waals surface area contributed by atoms with Gasteiger partial charge in [-0.2, -0.15) is 0 Å². The van der Waals surface area contributed by atoms with E-state index in [0.29, 0.717) is 11.7 Å². The second kappa shape index (κ2) is 4.72. The lowest BCUT2D eigenvalue weighted by Gasteiger charge is -2.31. The molecule has 0 aliphatic heterocycles. The molecule has 100 valence electrons. The highest BCUT2D eigenvalue weighted by molar-refractivity contribution is 5.83. The van der Waals surface area contributed by atoms with Crippen LogP contribution in [0.3, 0.4) is 0 Å². The van der Waals surface area contributed by atoms with Crippen molar-refractivity contribution in [2.75, 3.05) is 5.73 Å². The Kier molecular flexibility index (Phi) is 3.05. The molecule has 0 saturated heterocycles. The van der Waals surface area contributed by atoms with Crippen LogP contribution in [0.5, 0.6) is 0 Å². The van der Waals surface area contributed by atoms with E-state index in [9.17, 15) is 4.79 Å². The van der Waals surface area contributed by atoms with E-state index in [4.69, 9.17) is 5.73 Å². The normalized spacial score (nSPS) is 23.6. The molecule has 2 N–H and O–H groups in total. The van der Waals surface area contributed by atoms with Gasteiger partial charge in [-0.25, -0.2) is 0 Å². The molecular formula is C16H20N2O. The quantitative estimate of drug-likeness (QED) is 0.850. The van der Waals surface area contributed by atoms with Crippen LogP contribution in [0, 0.1) is 5.92 Å². The molecule has 0 bridgehead atoms. The fourth-order valence-electron chi connectivity index (χ4n) is 3.32. The van der Waals surface area contributed by atoms with Gasteiger partial charge in [-0.3, -0.25) is 9.36 Å².